The Morgan fingerprint density at radius 1 is 1.03 bits per heavy atom. The average Bonchev–Trinajstić information content (AvgIpc) is 3.12. The summed E-state index contributed by atoms with van der Waals surface area (Å²) in [5.41, 5.74) is 9.95. The molecule has 0 saturated heterocycles. The molecule has 0 amide bonds. The van der Waals surface area contributed by atoms with Crippen LogP contribution >= 0.6 is 11.3 Å². The molecule has 4 aromatic rings. The molecule has 0 radical (unpaired) electrons. The van der Waals surface area contributed by atoms with Crippen LogP contribution in [0.2, 0.25) is 0 Å². The fourth-order valence-electron chi connectivity index (χ4n) is 3.25. The maximum Gasteiger partial charge on any atom is 0.573 e. The number of fused-ring (bicyclic) bond motifs is 1. The molecule has 11 heteroatoms. The first-order chi connectivity index (χ1) is 15.1. The molecule has 32 heavy (non-hydrogen) atoms. The first-order valence-corrected chi connectivity index (χ1v) is 10.4. The van der Waals surface area contributed by atoms with Gasteiger partial charge in [0.2, 0.25) is 5.95 Å². The number of alkyl halides is 3. The van der Waals surface area contributed by atoms with Crippen molar-refractivity contribution in [1.29, 1.82) is 0 Å². The number of pyridine rings is 1. The van der Waals surface area contributed by atoms with Gasteiger partial charge in [0.1, 0.15) is 22.1 Å². The van der Waals surface area contributed by atoms with Crippen molar-refractivity contribution in [3.63, 3.8) is 0 Å². The summed E-state index contributed by atoms with van der Waals surface area (Å²) < 4.78 is 41.9. The van der Waals surface area contributed by atoms with E-state index in [1.54, 1.807) is 18.3 Å². The van der Waals surface area contributed by atoms with E-state index in [2.05, 4.69) is 30.0 Å². The topological polar surface area (TPSA) is 98.8 Å². The largest absolute Gasteiger partial charge is 0.573 e. The first kappa shape index (κ1) is 21.8. The van der Waals surface area contributed by atoms with Gasteiger partial charge < -0.3 is 15.8 Å². The second-order valence-corrected chi connectivity index (χ2v) is 8.17. The second kappa shape index (κ2) is 8.23. The number of aromatic nitrogens is 4. The number of aryl methyl sites for hydroxylation is 2. The summed E-state index contributed by atoms with van der Waals surface area (Å²) in [6, 6.07) is 7.22. The minimum atomic E-state index is -4.73. The SMILES string of the molecule is Cc1nc(N[C@H](C)c2ccc(OC(F)(F)F)cc2)nc(N)c1-c1nc2c(C)nccc2s1. The van der Waals surface area contributed by atoms with E-state index in [0.29, 0.717) is 22.2 Å². The normalized spacial score (nSPS) is 12.7. The second-order valence-electron chi connectivity index (χ2n) is 7.14. The first-order valence-electron chi connectivity index (χ1n) is 9.59. The maximum atomic E-state index is 12.3. The van der Waals surface area contributed by atoms with Gasteiger partial charge in [-0.15, -0.1) is 24.5 Å². The minimum absolute atomic E-state index is 0.282. The molecule has 7 nitrogen and oxygen atoms in total. The molecule has 0 aliphatic heterocycles. The number of halogens is 3. The summed E-state index contributed by atoms with van der Waals surface area (Å²) in [5.74, 6) is 0.312. The fourth-order valence-corrected chi connectivity index (χ4v) is 4.37. The molecule has 166 valence electrons. The molecule has 0 saturated carbocycles. The lowest BCUT2D eigenvalue weighted by molar-refractivity contribution is -0.274. The summed E-state index contributed by atoms with van der Waals surface area (Å²) in [7, 11) is 0. The molecular formula is C21H19F3N6OS. The third-order valence-electron chi connectivity index (χ3n) is 4.78. The van der Waals surface area contributed by atoms with Crippen molar-refractivity contribution in [1.82, 2.24) is 19.9 Å². The highest BCUT2D eigenvalue weighted by atomic mass is 32.1. The fraction of sp³-hybridized carbons (Fsp3) is 0.238. The third-order valence-corrected chi connectivity index (χ3v) is 5.82. The number of hydrogen-bond acceptors (Lipinski definition) is 8. The van der Waals surface area contributed by atoms with Gasteiger partial charge in [-0.25, -0.2) is 9.97 Å². The minimum Gasteiger partial charge on any atom is -0.406 e. The summed E-state index contributed by atoms with van der Waals surface area (Å²) >= 11 is 1.49. The number of rotatable bonds is 5. The van der Waals surface area contributed by atoms with Crippen molar-refractivity contribution in [2.45, 2.75) is 33.2 Å². The number of benzene rings is 1. The third kappa shape index (κ3) is 4.57. The van der Waals surface area contributed by atoms with Gasteiger partial charge in [-0.3, -0.25) is 4.98 Å². The highest BCUT2D eigenvalue weighted by Gasteiger charge is 2.31. The van der Waals surface area contributed by atoms with E-state index in [-0.39, 0.29) is 17.6 Å². The molecule has 3 aromatic heterocycles. The Balaban J connectivity index is 1.56. The van der Waals surface area contributed by atoms with E-state index in [1.165, 1.54) is 23.5 Å². The molecule has 0 fully saturated rings. The molecule has 1 atom stereocenters. The quantitative estimate of drug-likeness (QED) is 0.410. The van der Waals surface area contributed by atoms with E-state index in [0.717, 1.165) is 21.5 Å². The molecule has 0 aliphatic rings. The van der Waals surface area contributed by atoms with Crippen molar-refractivity contribution < 1.29 is 17.9 Å². The average molecular weight is 460 g/mol. The van der Waals surface area contributed by atoms with Gasteiger partial charge in [-0.05, 0) is 44.5 Å². The number of anilines is 2. The van der Waals surface area contributed by atoms with Gasteiger partial charge in [-0.2, -0.15) is 4.98 Å². The number of nitrogens with zero attached hydrogens (tertiary/aromatic N) is 4. The molecule has 4 rings (SSSR count). The molecule has 0 spiro atoms. The zero-order chi connectivity index (χ0) is 23.0. The van der Waals surface area contributed by atoms with E-state index in [9.17, 15) is 13.2 Å². The summed E-state index contributed by atoms with van der Waals surface area (Å²) in [6.07, 6.45) is -2.99. The highest BCUT2D eigenvalue weighted by Crippen LogP contribution is 2.35. The van der Waals surface area contributed by atoms with Gasteiger partial charge in [0.25, 0.3) is 0 Å². The molecule has 1 aromatic carbocycles. The smallest absolute Gasteiger partial charge is 0.406 e. The molecular weight excluding hydrogens is 441 g/mol. The summed E-state index contributed by atoms with van der Waals surface area (Å²) in [5, 5.41) is 3.84. The van der Waals surface area contributed by atoms with Gasteiger partial charge in [-0.1, -0.05) is 12.1 Å². The molecule has 0 bridgehead atoms. The lowest BCUT2D eigenvalue weighted by atomic mass is 10.1. The number of ether oxygens (including phenoxy) is 1. The van der Waals surface area contributed by atoms with Crippen LogP contribution in [0.5, 0.6) is 5.75 Å². The molecule has 0 aliphatic carbocycles. The van der Waals surface area contributed by atoms with Gasteiger partial charge >= 0.3 is 6.36 Å². The Hall–Kier alpha value is -3.47. The van der Waals surface area contributed by atoms with Crippen LogP contribution in [0.25, 0.3) is 20.8 Å². The number of hydrogen-bond donors (Lipinski definition) is 2. The lowest BCUT2D eigenvalue weighted by Crippen LogP contribution is -2.17. The summed E-state index contributed by atoms with van der Waals surface area (Å²) in [6.45, 7) is 5.56. The Labute approximate surface area is 185 Å². The van der Waals surface area contributed by atoms with Gasteiger partial charge in [0, 0.05) is 6.20 Å². The molecule has 3 heterocycles. The van der Waals surface area contributed by atoms with Crippen molar-refractivity contribution in [3.8, 4) is 16.3 Å². The predicted octanol–water partition coefficient (Wildman–Crippen LogP) is 5.42. The van der Waals surface area contributed by atoms with E-state index >= 15 is 0 Å². The number of thiazole rings is 1. The van der Waals surface area contributed by atoms with Gasteiger partial charge in [0.05, 0.1) is 27.7 Å². The van der Waals surface area contributed by atoms with Crippen LogP contribution in [-0.2, 0) is 0 Å². The van der Waals surface area contributed by atoms with E-state index in [1.807, 2.05) is 26.8 Å². The monoisotopic (exact) mass is 460 g/mol. The molecule has 0 unspecified atom stereocenters. The highest BCUT2D eigenvalue weighted by molar-refractivity contribution is 7.21. The number of nitrogens with one attached hydrogen (secondary N) is 1. The van der Waals surface area contributed by atoms with E-state index < -0.39 is 6.36 Å². The lowest BCUT2D eigenvalue weighted by Gasteiger charge is -2.16. The summed E-state index contributed by atoms with van der Waals surface area (Å²) in [4.78, 5) is 17.8. The van der Waals surface area contributed by atoms with Crippen LogP contribution in [0.4, 0.5) is 24.9 Å². The number of nitrogen functional groups attached to an aromatic ring is 1. The zero-order valence-corrected chi connectivity index (χ0v) is 18.2. The van der Waals surface area contributed by atoms with Gasteiger partial charge in [0.15, 0.2) is 0 Å². The molecule has 3 N–H and O–H groups in total. The van der Waals surface area contributed by atoms with Crippen LogP contribution in [0.1, 0.15) is 29.9 Å². The van der Waals surface area contributed by atoms with Crippen molar-refractivity contribution in [2.24, 2.45) is 0 Å². The van der Waals surface area contributed by atoms with Crippen LogP contribution in [0, 0.1) is 13.8 Å². The Morgan fingerprint density at radius 2 is 1.75 bits per heavy atom. The maximum absolute atomic E-state index is 12.3. The van der Waals surface area contributed by atoms with E-state index in [4.69, 9.17) is 5.73 Å². The predicted molar refractivity (Wildman–Crippen MR) is 117 cm³/mol. The van der Waals surface area contributed by atoms with Crippen LogP contribution in [0.15, 0.2) is 36.5 Å². The standard InChI is InChI=1S/C21H19F3N6OS/c1-10(13-4-6-14(7-5-13)31-21(22,23)24)27-20-28-11(2)16(18(25)30-20)19-29-17-12(3)26-9-8-15(17)32-19/h4-10H,1-3H3,(H3,25,27,28,30)/t10-/m1/s1. The number of nitrogens with two attached hydrogens (primary N) is 1. The van der Waals surface area contributed by atoms with Crippen molar-refractivity contribution in [3.05, 3.63) is 53.5 Å². The van der Waals surface area contributed by atoms with Crippen molar-refractivity contribution >= 4 is 33.3 Å². The Kier molecular flexibility index (Phi) is 5.59. The zero-order valence-electron chi connectivity index (χ0n) is 17.4. The van der Waals surface area contributed by atoms with Crippen LogP contribution in [-0.4, -0.2) is 26.3 Å². The van der Waals surface area contributed by atoms with Crippen LogP contribution < -0.4 is 15.8 Å². The Bertz CT molecular complexity index is 1250. The van der Waals surface area contributed by atoms with Crippen LogP contribution in [0.3, 0.4) is 0 Å². The Morgan fingerprint density at radius 3 is 2.38 bits per heavy atom. The van der Waals surface area contributed by atoms with Crippen molar-refractivity contribution in [2.75, 3.05) is 11.1 Å².